The molecule has 0 bridgehead atoms. The maximum atomic E-state index is 14.2. The Kier molecular flexibility index (Phi) is 6.00. The first kappa shape index (κ1) is 18.7. The summed E-state index contributed by atoms with van der Waals surface area (Å²) in [4.78, 5) is 2.07. The van der Waals surface area contributed by atoms with E-state index in [4.69, 9.17) is 9.47 Å². The van der Waals surface area contributed by atoms with Crippen molar-refractivity contribution in [3.8, 4) is 0 Å². The third-order valence-electron chi connectivity index (χ3n) is 4.79. The number of rotatable bonds is 4. The van der Waals surface area contributed by atoms with Gasteiger partial charge in [0.2, 0.25) is 0 Å². The molecule has 140 valence electrons. The van der Waals surface area contributed by atoms with E-state index in [1.165, 1.54) is 12.1 Å². The lowest BCUT2D eigenvalue weighted by molar-refractivity contribution is -0.231. The number of halogens is 1. The molecule has 0 aliphatic carbocycles. The van der Waals surface area contributed by atoms with Gasteiger partial charge in [0.15, 0.2) is 0 Å². The van der Waals surface area contributed by atoms with Gasteiger partial charge in [0, 0.05) is 25.2 Å². The molecule has 8 heteroatoms. The molecule has 3 rings (SSSR count). The number of nitrogens with zero attached hydrogens (tertiary/aromatic N) is 1. The number of aliphatic hydroxyl groups is 4. The molecule has 0 saturated carbocycles. The van der Waals surface area contributed by atoms with Gasteiger partial charge in [-0.05, 0) is 17.7 Å². The molecule has 4 N–H and O–H groups in total. The van der Waals surface area contributed by atoms with Crippen molar-refractivity contribution in [3.63, 3.8) is 0 Å². The van der Waals surface area contributed by atoms with E-state index in [0.717, 1.165) is 0 Å². The minimum atomic E-state index is -1.45. The first-order valence-electron chi connectivity index (χ1n) is 8.40. The van der Waals surface area contributed by atoms with Gasteiger partial charge < -0.3 is 29.9 Å². The van der Waals surface area contributed by atoms with Crippen LogP contribution in [0.15, 0.2) is 18.2 Å². The van der Waals surface area contributed by atoms with Crippen molar-refractivity contribution in [1.29, 1.82) is 0 Å². The minimum Gasteiger partial charge on any atom is -0.394 e. The highest BCUT2D eigenvalue weighted by atomic mass is 19.1. The predicted molar refractivity (Wildman–Crippen MR) is 85.2 cm³/mol. The van der Waals surface area contributed by atoms with E-state index in [2.05, 4.69) is 4.90 Å². The second-order valence-electron chi connectivity index (χ2n) is 6.49. The van der Waals surface area contributed by atoms with Crippen LogP contribution < -0.4 is 0 Å². The van der Waals surface area contributed by atoms with Crippen LogP contribution in [-0.2, 0) is 16.0 Å². The van der Waals surface area contributed by atoms with Crippen molar-refractivity contribution in [2.75, 3.05) is 32.9 Å². The van der Waals surface area contributed by atoms with Crippen LogP contribution in [0, 0.1) is 5.82 Å². The van der Waals surface area contributed by atoms with Crippen LogP contribution in [0.1, 0.15) is 17.2 Å². The standard InChI is InChI=1S/C17H24FNO6/c18-12-2-1-10(7-11(12)8-19-3-5-24-6-4-19)17-16(23)15(22)14(21)13(9-20)25-17/h1-2,7,13-17,20-23H,3-6,8-9H2/t13-,14-,15+,16-,17+/m1/s1. The Labute approximate surface area is 145 Å². The average Bonchev–Trinajstić information content (AvgIpc) is 2.63. The van der Waals surface area contributed by atoms with E-state index in [9.17, 15) is 24.8 Å². The molecule has 2 saturated heterocycles. The fourth-order valence-corrected chi connectivity index (χ4v) is 3.27. The molecule has 0 radical (unpaired) electrons. The Bertz CT molecular complexity index is 580. The van der Waals surface area contributed by atoms with Crippen LogP contribution in [0.25, 0.3) is 0 Å². The zero-order valence-corrected chi connectivity index (χ0v) is 13.8. The first-order valence-corrected chi connectivity index (χ1v) is 8.40. The molecule has 0 spiro atoms. The van der Waals surface area contributed by atoms with E-state index < -0.39 is 37.1 Å². The molecule has 1 aromatic carbocycles. The maximum absolute atomic E-state index is 14.2. The van der Waals surface area contributed by atoms with Crippen LogP contribution in [-0.4, -0.2) is 82.7 Å². The Balaban J connectivity index is 1.80. The summed E-state index contributed by atoms with van der Waals surface area (Å²) in [6.45, 7) is 2.54. The molecule has 5 atom stereocenters. The molecule has 0 aromatic heterocycles. The summed E-state index contributed by atoms with van der Waals surface area (Å²) in [6, 6.07) is 4.37. The molecule has 2 aliphatic rings. The minimum absolute atomic E-state index is 0.361. The summed E-state index contributed by atoms with van der Waals surface area (Å²) in [5.41, 5.74) is 0.943. The number of benzene rings is 1. The van der Waals surface area contributed by atoms with Gasteiger partial charge in [0.05, 0.1) is 19.8 Å². The van der Waals surface area contributed by atoms with E-state index >= 15 is 0 Å². The van der Waals surface area contributed by atoms with Crippen molar-refractivity contribution in [3.05, 3.63) is 35.1 Å². The molecule has 2 aliphatic heterocycles. The number of aliphatic hydroxyl groups excluding tert-OH is 4. The molecular weight excluding hydrogens is 333 g/mol. The van der Waals surface area contributed by atoms with E-state index in [1.807, 2.05) is 0 Å². The summed E-state index contributed by atoms with van der Waals surface area (Å²) in [7, 11) is 0. The van der Waals surface area contributed by atoms with Gasteiger partial charge in [-0.2, -0.15) is 0 Å². The number of hydrogen-bond donors (Lipinski definition) is 4. The summed E-state index contributed by atoms with van der Waals surface area (Å²) in [5, 5.41) is 39.3. The highest BCUT2D eigenvalue weighted by Crippen LogP contribution is 2.33. The largest absolute Gasteiger partial charge is 0.394 e. The van der Waals surface area contributed by atoms with Gasteiger partial charge in [0.1, 0.15) is 36.3 Å². The molecular formula is C17H24FNO6. The number of morpholine rings is 1. The summed E-state index contributed by atoms with van der Waals surface area (Å²) >= 11 is 0. The number of ether oxygens (including phenoxy) is 2. The van der Waals surface area contributed by atoms with E-state index in [0.29, 0.717) is 44.0 Å². The Morgan fingerprint density at radius 3 is 2.48 bits per heavy atom. The summed E-state index contributed by atoms with van der Waals surface area (Å²) < 4.78 is 25.0. The zero-order valence-electron chi connectivity index (χ0n) is 13.8. The second kappa shape index (κ2) is 8.05. The van der Waals surface area contributed by atoms with Crippen molar-refractivity contribution in [2.24, 2.45) is 0 Å². The quantitative estimate of drug-likeness (QED) is 0.558. The molecule has 1 aromatic rings. The van der Waals surface area contributed by atoms with Crippen LogP contribution >= 0.6 is 0 Å². The lowest BCUT2D eigenvalue weighted by Gasteiger charge is -2.40. The van der Waals surface area contributed by atoms with E-state index in [1.54, 1.807) is 6.07 Å². The molecule has 25 heavy (non-hydrogen) atoms. The van der Waals surface area contributed by atoms with Gasteiger partial charge in [0.25, 0.3) is 0 Å². The lowest BCUT2D eigenvalue weighted by atomic mass is 9.90. The van der Waals surface area contributed by atoms with Crippen molar-refractivity contribution < 1.29 is 34.3 Å². The second-order valence-corrected chi connectivity index (χ2v) is 6.49. The summed E-state index contributed by atoms with van der Waals surface area (Å²) in [5.74, 6) is -0.361. The van der Waals surface area contributed by atoms with Crippen molar-refractivity contribution in [2.45, 2.75) is 37.1 Å². The van der Waals surface area contributed by atoms with Gasteiger partial charge in [-0.3, -0.25) is 4.90 Å². The van der Waals surface area contributed by atoms with Crippen LogP contribution in [0.4, 0.5) is 4.39 Å². The zero-order chi connectivity index (χ0) is 18.0. The highest BCUT2D eigenvalue weighted by molar-refractivity contribution is 5.28. The number of hydrogen-bond acceptors (Lipinski definition) is 7. The highest BCUT2D eigenvalue weighted by Gasteiger charge is 2.44. The van der Waals surface area contributed by atoms with Crippen LogP contribution in [0.2, 0.25) is 0 Å². The van der Waals surface area contributed by atoms with Gasteiger partial charge in [-0.1, -0.05) is 6.07 Å². The predicted octanol–water partition coefficient (Wildman–Crippen LogP) is -0.827. The topological polar surface area (TPSA) is 103 Å². The third kappa shape index (κ3) is 4.01. The fraction of sp³-hybridized carbons (Fsp3) is 0.647. The van der Waals surface area contributed by atoms with Gasteiger partial charge >= 0.3 is 0 Å². The van der Waals surface area contributed by atoms with Crippen LogP contribution in [0.5, 0.6) is 0 Å². The van der Waals surface area contributed by atoms with Crippen LogP contribution in [0.3, 0.4) is 0 Å². The first-order chi connectivity index (χ1) is 12.0. The maximum Gasteiger partial charge on any atom is 0.127 e. The lowest BCUT2D eigenvalue weighted by Crippen LogP contribution is -2.55. The molecule has 7 nitrogen and oxygen atoms in total. The Hall–Kier alpha value is -1.13. The third-order valence-corrected chi connectivity index (χ3v) is 4.79. The fourth-order valence-electron chi connectivity index (χ4n) is 3.27. The monoisotopic (exact) mass is 357 g/mol. The SMILES string of the molecule is OC[C@H]1O[C@@H](c2ccc(F)c(CN3CCOCC3)c2)[C@H](O)[C@@H](O)[C@@H]1O. The molecule has 2 fully saturated rings. The van der Waals surface area contributed by atoms with Gasteiger partial charge in [-0.25, -0.2) is 4.39 Å². The van der Waals surface area contributed by atoms with Crippen molar-refractivity contribution >= 4 is 0 Å². The average molecular weight is 357 g/mol. The summed E-state index contributed by atoms with van der Waals surface area (Å²) in [6.07, 6.45) is -6.19. The van der Waals surface area contributed by atoms with Crippen molar-refractivity contribution in [1.82, 2.24) is 4.90 Å². The van der Waals surface area contributed by atoms with E-state index in [-0.39, 0.29) is 5.82 Å². The Morgan fingerprint density at radius 1 is 1.08 bits per heavy atom. The smallest absolute Gasteiger partial charge is 0.127 e. The Morgan fingerprint density at radius 2 is 1.80 bits per heavy atom. The molecule has 0 amide bonds. The molecule has 2 heterocycles. The van der Waals surface area contributed by atoms with Gasteiger partial charge in [-0.15, -0.1) is 0 Å². The molecule has 0 unspecified atom stereocenters. The normalized spacial score (nSPS) is 34.2.